The Morgan fingerprint density at radius 3 is 2.11 bits per heavy atom. The molecule has 2 aliphatic rings. The Morgan fingerprint density at radius 2 is 1.56 bits per heavy atom. The highest BCUT2D eigenvalue weighted by Crippen LogP contribution is 2.44. The monoisotopic (exact) mass is 251 g/mol. The Bertz CT molecular complexity index is 239. The highest BCUT2D eigenvalue weighted by molar-refractivity contribution is 4.90. The molecule has 0 amide bonds. The van der Waals surface area contributed by atoms with Gasteiger partial charge in [-0.1, -0.05) is 44.9 Å². The standard InChI is InChI=1S/C17H33N/c1-16(2,3)18-14-17(11-7-4-8-12-17)13-15-9-5-6-10-15/h15,18H,4-14H2,1-3H3. The Hall–Kier alpha value is -0.0400. The van der Waals surface area contributed by atoms with Crippen molar-refractivity contribution >= 4 is 0 Å². The van der Waals surface area contributed by atoms with E-state index in [4.69, 9.17) is 0 Å². The average Bonchev–Trinajstić information content (AvgIpc) is 2.80. The van der Waals surface area contributed by atoms with E-state index in [-0.39, 0.29) is 5.54 Å². The molecular formula is C17H33N. The van der Waals surface area contributed by atoms with Crippen LogP contribution in [0, 0.1) is 11.3 Å². The molecule has 0 aliphatic heterocycles. The van der Waals surface area contributed by atoms with E-state index in [0.717, 1.165) is 5.92 Å². The molecule has 0 saturated heterocycles. The van der Waals surface area contributed by atoms with Crippen LogP contribution in [0.15, 0.2) is 0 Å². The highest BCUT2D eigenvalue weighted by atomic mass is 15.0. The van der Waals surface area contributed by atoms with Crippen molar-refractivity contribution in [2.75, 3.05) is 6.54 Å². The number of hydrogen-bond acceptors (Lipinski definition) is 1. The lowest BCUT2D eigenvalue weighted by Gasteiger charge is -2.41. The van der Waals surface area contributed by atoms with E-state index in [1.807, 2.05) is 0 Å². The van der Waals surface area contributed by atoms with Gasteiger partial charge < -0.3 is 5.32 Å². The van der Waals surface area contributed by atoms with E-state index >= 15 is 0 Å². The maximum atomic E-state index is 3.81. The summed E-state index contributed by atoms with van der Waals surface area (Å²) in [4.78, 5) is 0. The molecule has 0 radical (unpaired) electrons. The van der Waals surface area contributed by atoms with Crippen molar-refractivity contribution in [3.8, 4) is 0 Å². The van der Waals surface area contributed by atoms with Crippen LogP contribution in [-0.2, 0) is 0 Å². The minimum atomic E-state index is 0.278. The Balaban J connectivity index is 1.93. The second-order valence-corrected chi connectivity index (χ2v) is 8.02. The molecule has 0 spiro atoms. The zero-order chi connectivity index (χ0) is 13.1. The lowest BCUT2D eigenvalue weighted by Crippen LogP contribution is -2.45. The van der Waals surface area contributed by atoms with Gasteiger partial charge in [-0.3, -0.25) is 0 Å². The summed E-state index contributed by atoms with van der Waals surface area (Å²) in [5, 5.41) is 3.81. The van der Waals surface area contributed by atoms with Crippen molar-refractivity contribution in [2.45, 2.75) is 90.5 Å². The molecule has 106 valence electrons. The summed E-state index contributed by atoms with van der Waals surface area (Å²) in [5.74, 6) is 1.05. The molecule has 18 heavy (non-hydrogen) atoms. The van der Waals surface area contributed by atoms with Crippen molar-refractivity contribution in [2.24, 2.45) is 11.3 Å². The van der Waals surface area contributed by atoms with Crippen molar-refractivity contribution < 1.29 is 0 Å². The first-order valence-electron chi connectivity index (χ1n) is 8.24. The van der Waals surface area contributed by atoms with Gasteiger partial charge in [0, 0.05) is 12.1 Å². The summed E-state index contributed by atoms with van der Waals surface area (Å²) in [6.45, 7) is 8.17. The van der Waals surface area contributed by atoms with Crippen molar-refractivity contribution in [1.29, 1.82) is 0 Å². The van der Waals surface area contributed by atoms with Crippen LogP contribution in [0.3, 0.4) is 0 Å². The predicted molar refractivity (Wildman–Crippen MR) is 79.8 cm³/mol. The predicted octanol–water partition coefficient (Wildman–Crippen LogP) is 4.91. The summed E-state index contributed by atoms with van der Waals surface area (Å²) < 4.78 is 0. The molecule has 0 aromatic rings. The third-order valence-electron chi connectivity index (χ3n) is 5.10. The minimum Gasteiger partial charge on any atom is -0.312 e. The van der Waals surface area contributed by atoms with Crippen LogP contribution >= 0.6 is 0 Å². The number of rotatable bonds is 4. The van der Waals surface area contributed by atoms with Gasteiger partial charge in [0.1, 0.15) is 0 Å². The van der Waals surface area contributed by atoms with Gasteiger partial charge in [0.25, 0.3) is 0 Å². The molecule has 2 saturated carbocycles. The molecule has 1 N–H and O–H groups in total. The zero-order valence-corrected chi connectivity index (χ0v) is 12.9. The Morgan fingerprint density at radius 1 is 0.944 bits per heavy atom. The lowest BCUT2D eigenvalue weighted by molar-refractivity contribution is 0.127. The van der Waals surface area contributed by atoms with Crippen LogP contribution in [0.4, 0.5) is 0 Å². The molecule has 2 rings (SSSR count). The van der Waals surface area contributed by atoms with Crippen molar-refractivity contribution in [3.05, 3.63) is 0 Å². The summed E-state index contributed by atoms with van der Waals surface area (Å²) in [6, 6.07) is 0. The van der Waals surface area contributed by atoms with Crippen LogP contribution in [-0.4, -0.2) is 12.1 Å². The third-order valence-corrected chi connectivity index (χ3v) is 5.10. The van der Waals surface area contributed by atoms with Gasteiger partial charge in [-0.05, 0) is 51.4 Å². The maximum Gasteiger partial charge on any atom is 0.00967 e. The van der Waals surface area contributed by atoms with E-state index in [0.29, 0.717) is 5.41 Å². The number of hydrogen-bond donors (Lipinski definition) is 1. The molecule has 0 atom stereocenters. The molecule has 0 aromatic heterocycles. The fraction of sp³-hybridized carbons (Fsp3) is 1.00. The first kappa shape index (κ1) is 14.4. The first-order valence-corrected chi connectivity index (χ1v) is 8.24. The van der Waals surface area contributed by atoms with E-state index in [9.17, 15) is 0 Å². The van der Waals surface area contributed by atoms with Gasteiger partial charge in [-0.25, -0.2) is 0 Å². The van der Waals surface area contributed by atoms with E-state index < -0.39 is 0 Å². The first-order chi connectivity index (χ1) is 8.49. The molecule has 0 aromatic carbocycles. The SMILES string of the molecule is CC(C)(C)NCC1(CC2CCCC2)CCCCC1. The van der Waals surface area contributed by atoms with Gasteiger partial charge in [0.15, 0.2) is 0 Å². The van der Waals surface area contributed by atoms with E-state index in [1.165, 1.54) is 70.8 Å². The van der Waals surface area contributed by atoms with Gasteiger partial charge in [0.2, 0.25) is 0 Å². The Kier molecular flexibility index (Phi) is 4.75. The van der Waals surface area contributed by atoms with Gasteiger partial charge >= 0.3 is 0 Å². The topological polar surface area (TPSA) is 12.0 Å². The fourth-order valence-corrected chi connectivity index (χ4v) is 4.03. The summed E-state index contributed by atoms with van der Waals surface area (Å²) in [6.07, 6.45) is 14.9. The fourth-order valence-electron chi connectivity index (χ4n) is 4.03. The summed E-state index contributed by atoms with van der Waals surface area (Å²) in [5.41, 5.74) is 0.917. The van der Waals surface area contributed by atoms with Crippen LogP contribution in [0.2, 0.25) is 0 Å². The van der Waals surface area contributed by atoms with Crippen molar-refractivity contribution in [1.82, 2.24) is 5.32 Å². The van der Waals surface area contributed by atoms with Crippen LogP contribution in [0.5, 0.6) is 0 Å². The third kappa shape index (κ3) is 4.26. The van der Waals surface area contributed by atoms with Gasteiger partial charge in [-0.2, -0.15) is 0 Å². The van der Waals surface area contributed by atoms with E-state index in [1.54, 1.807) is 0 Å². The Labute approximate surface area is 114 Å². The molecule has 1 heteroatoms. The molecule has 2 aliphatic carbocycles. The number of nitrogens with one attached hydrogen (secondary N) is 1. The quantitative estimate of drug-likeness (QED) is 0.749. The van der Waals surface area contributed by atoms with Gasteiger partial charge in [-0.15, -0.1) is 0 Å². The lowest BCUT2D eigenvalue weighted by atomic mass is 9.68. The molecule has 0 heterocycles. The largest absolute Gasteiger partial charge is 0.312 e. The smallest absolute Gasteiger partial charge is 0.00967 e. The highest BCUT2D eigenvalue weighted by Gasteiger charge is 2.35. The van der Waals surface area contributed by atoms with Crippen LogP contribution in [0.1, 0.15) is 85.0 Å². The molecule has 0 unspecified atom stereocenters. The van der Waals surface area contributed by atoms with Crippen LogP contribution < -0.4 is 5.32 Å². The maximum absolute atomic E-state index is 3.81. The molecule has 2 fully saturated rings. The minimum absolute atomic E-state index is 0.278. The van der Waals surface area contributed by atoms with Gasteiger partial charge in [0.05, 0.1) is 0 Å². The zero-order valence-electron chi connectivity index (χ0n) is 12.9. The van der Waals surface area contributed by atoms with E-state index in [2.05, 4.69) is 26.1 Å². The average molecular weight is 251 g/mol. The van der Waals surface area contributed by atoms with Crippen molar-refractivity contribution in [3.63, 3.8) is 0 Å². The second-order valence-electron chi connectivity index (χ2n) is 8.02. The second kappa shape index (κ2) is 5.94. The summed E-state index contributed by atoms with van der Waals surface area (Å²) >= 11 is 0. The van der Waals surface area contributed by atoms with Crippen LogP contribution in [0.25, 0.3) is 0 Å². The molecule has 0 bridgehead atoms. The summed E-state index contributed by atoms with van der Waals surface area (Å²) in [7, 11) is 0. The molecule has 1 nitrogen and oxygen atoms in total. The normalized spacial score (nSPS) is 25.5. The molecular weight excluding hydrogens is 218 g/mol.